The van der Waals surface area contributed by atoms with E-state index in [2.05, 4.69) is 0 Å². The van der Waals surface area contributed by atoms with Crippen LogP contribution in [0, 0.1) is 5.92 Å². The zero-order valence-electron chi connectivity index (χ0n) is 14.7. The number of rotatable bonds is 13. The van der Waals surface area contributed by atoms with Crippen LogP contribution in [0.5, 0.6) is 5.75 Å². The molecule has 0 aromatic heterocycles. The summed E-state index contributed by atoms with van der Waals surface area (Å²) in [6.07, 6.45) is 0.280. The first-order valence-corrected chi connectivity index (χ1v) is 8.25. The number of ketones is 1. The van der Waals surface area contributed by atoms with E-state index in [0.717, 1.165) is 5.56 Å². The number of carboxylic acid groups (broad SMARTS) is 1. The highest BCUT2D eigenvalue weighted by Gasteiger charge is 2.23. The van der Waals surface area contributed by atoms with E-state index in [-0.39, 0.29) is 44.4 Å². The third-order valence-corrected chi connectivity index (χ3v) is 3.37. The molecular formula is C18H24O8. The number of carbonyl (C=O) groups is 3. The van der Waals surface area contributed by atoms with Gasteiger partial charge in [-0.3, -0.25) is 9.59 Å². The SMILES string of the molecule is CCOC(=O)C(CC(=O)COCCOCC(=O)O)Cc1ccc(O)cc1. The number of hydrogen-bond acceptors (Lipinski definition) is 7. The lowest BCUT2D eigenvalue weighted by Gasteiger charge is -2.15. The molecule has 2 N–H and O–H groups in total. The van der Waals surface area contributed by atoms with Crippen molar-refractivity contribution in [3.63, 3.8) is 0 Å². The summed E-state index contributed by atoms with van der Waals surface area (Å²) in [5.74, 6) is -2.32. The van der Waals surface area contributed by atoms with Gasteiger partial charge in [0.05, 0.1) is 25.7 Å². The van der Waals surface area contributed by atoms with Crippen LogP contribution in [0.3, 0.4) is 0 Å². The fraction of sp³-hybridized carbons (Fsp3) is 0.500. The fourth-order valence-electron chi connectivity index (χ4n) is 2.21. The lowest BCUT2D eigenvalue weighted by Crippen LogP contribution is -2.25. The van der Waals surface area contributed by atoms with Crippen LogP contribution < -0.4 is 0 Å². The maximum absolute atomic E-state index is 12.1. The maximum atomic E-state index is 12.1. The lowest BCUT2D eigenvalue weighted by molar-refractivity contribution is -0.150. The molecule has 8 heteroatoms. The number of phenols is 1. The molecule has 0 saturated carbocycles. The van der Waals surface area contributed by atoms with Crippen LogP contribution in [-0.4, -0.2) is 61.0 Å². The zero-order valence-corrected chi connectivity index (χ0v) is 14.7. The van der Waals surface area contributed by atoms with Gasteiger partial charge >= 0.3 is 11.9 Å². The van der Waals surface area contributed by atoms with Gasteiger partial charge in [0.2, 0.25) is 0 Å². The monoisotopic (exact) mass is 368 g/mol. The van der Waals surface area contributed by atoms with E-state index in [1.54, 1.807) is 19.1 Å². The Kier molecular flexibility index (Phi) is 9.96. The first-order chi connectivity index (χ1) is 12.4. The summed E-state index contributed by atoms with van der Waals surface area (Å²) in [5, 5.41) is 17.7. The Labute approximate surface area is 151 Å². The molecule has 0 saturated heterocycles. The molecule has 0 aliphatic heterocycles. The Bertz CT molecular complexity index is 581. The number of aliphatic carboxylic acids is 1. The minimum Gasteiger partial charge on any atom is -0.508 e. The van der Waals surface area contributed by atoms with Crippen molar-refractivity contribution < 1.29 is 38.8 Å². The summed E-state index contributed by atoms with van der Waals surface area (Å²) < 4.78 is 14.9. The Balaban J connectivity index is 2.46. The van der Waals surface area contributed by atoms with Crippen LogP contribution in [0.1, 0.15) is 18.9 Å². The molecule has 26 heavy (non-hydrogen) atoms. The number of aromatic hydroxyl groups is 1. The highest BCUT2D eigenvalue weighted by Crippen LogP contribution is 2.17. The van der Waals surface area contributed by atoms with Crippen LogP contribution in [0.2, 0.25) is 0 Å². The maximum Gasteiger partial charge on any atom is 0.329 e. The summed E-state index contributed by atoms with van der Waals surface area (Å²) in [4.78, 5) is 34.4. The van der Waals surface area contributed by atoms with Gasteiger partial charge < -0.3 is 24.4 Å². The average Bonchev–Trinajstić information content (AvgIpc) is 2.59. The van der Waals surface area contributed by atoms with E-state index in [9.17, 15) is 19.5 Å². The normalized spacial score (nSPS) is 11.7. The predicted octanol–water partition coefficient (Wildman–Crippen LogP) is 1.19. The minimum atomic E-state index is -1.08. The summed E-state index contributed by atoms with van der Waals surface area (Å²) in [6.45, 7) is 1.44. The Hall–Kier alpha value is -2.45. The molecule has 1 aromatic rings. The first kappa shape index (κ1) is 21.6. The fourth-order valence-corrected chi connectivity index (χ4v) is 2.21. The van der Waals surface area contributed by atoms with Gasteiger partial charge in [-0.15, -0.1) is 0 Å². The number of phenolic OH excluding ortho intramolecular Hbond substituents is 1. The molecule has 0 aliphatic carbocycles. The number of Topliss-reactive ketones (excluding diaryl/α,β-unsaturated/α-hetero) is 1. The smallest absolute Gasteiger partial charge is 0.329 e. The largest absolute Gasteiger partial charge is 0.508 e. The van der Waals surface area contributed by atoms with Crippen LogP contribution in [0.25, 0.3) is 0 Å². The molecule has 1 rings (SSSR count). The molecule has 0 amide bonds. The van der Waals surface area contributed by atoms with Crippen LogP contribution in [0.15, 0.2) is 24.3 Å². The minimum absolute atomic E-state index is 0.0321. The van der Waals surface area contributed by atoms with E-state index < -0.39 is 24.5 Å². The van der Waals surface area contributed by atoms with Gasteiger partial charge in [-0.05, 0) is 31.0 Å². The third-order valence-electron chi connectivity index (χ3n) is 3.37. The highest BCUT2D eigenvalue weighted by atomic mass is 16.5. The van der Waals surface area contributed by atoms with Gasteiger partial charge in [0.1, 0.15) is 19.0 Å². The Morgan fingerprint density at radius 3 is 2.23 bits per heavy atom. The van der Waals surface area contributed by atoms with E-state index >= 15 is 0 Å². The molecule has 0 aliphatic rings. The highest BCUT2D eigenvalue weighted by molar-refractivity contribution is 5.85. The van der Waals surface area contributed by atoms with Crippen molar-refractivity contribution in [3.05, 3.63) is 29.8 Å². The van der Waals surface area contributed by atoms with Crippen molar-refractivity contribution in [1.29, 1.82) is 0 Å². The summed E-state index contributed by atoms with van der Waals surface area (Å²) >= 11 is 0. The predicted molar refractivity (Wildman–Crippen MR) is 90.8 cm³/mol. The number of carbonyl (C=O) groups excluding carboxylic acids is 2. The van der Waals surface area contributed by atoms with Gasteiger partial charge in [-0.1, -0.05) is 12.1 Å². The Morgan fingerprint density at radius 2 is 1.65 bits per heavy atom. The summed E-state index contributed by atoms with van der Waals surface area (Å²) in [7, 11) is 0. The number of benzene rings is 1. The second-order valence-electron chi connectivity index (χ2n) is 5.56. The molecule has 0 bridgehead atoms. The molecular weight excluding hydrogens is 344 g/mol. The number of esters is 1. The van der Waals surface area contributed by atoms with Gasteiger partial charge in [0.25, 0.3) is 0 Å². The van der Waals surface area contributed by atoms with E-state index in [1.807, 2.05) is 0 Å². The van der Waals surface area contributed by atoms with Crippen LogP contribution >= 0.6 is 0 Å². The number of ether oxygens (including phenoxy) is 3. The van der Waals surface area contributed by atoms with E-state index in [0.29, 0.717) is 6.42 Å². The molecule has 0 radical (unpaired) electrons. The van der Waals surface area contributed by atoms with Crippen LogP contribution in [0.4, 0.5) is 0 Å². The summed E-state index contributed by atoms with van der Waals surface area (Å²) in [5.41, 5.74) is 0.802. The van der Waals surface area contributed by atoms with Crippen molar-refractivity contribution in [2.75, 3.05) is 33.0 Å². The summed E-state index contributed by atoms with van der Waals surface area (Å²) in [6, 6.07) is 6.39. The second-order valence-corrected chi connectivity index (χ2v) is 5.56. The van der Waals surface area contributed by atoms with Crippen molar-refractivity contribution in [1.82, 2.24) is 0 Å². The quantitative estimate of drug-likeness (QED) is 0.394. The van der Waals surface area contributed by atoms with Crippen molar-refractivity contribution in [3.8, 4) is 5.75 Å². The van der Waals surface area contributed by atoms with Crippen molar-refractivity contribution >= 4 is 17.7 Å². The molecule has 8 nitrogen and oxygen atoms in total. The topological polar surface area (TPSA) is 119 Å². The molecule has 0 heterocycles. The molecule has 1 unspecified atom stereocenters. The Morgan fingerprint density at radius 1 is 1.04 bits per heavy atom. The number of carboxylic acids is 1. The molecule has 144 valence electrons. The van der Waals surface area contributed by atoms with Crippen molar-refractivity contribution in [2.24, 2.45) is 5.92 Å². The van der Waals surface area contributed by atoms with E-state index in [1.165, 1.54) is 12.1 Å². The molecule has 1 aromatic carbocycles. The molecule has 0 fully saturated rings. The first-order valence-electron chi connectivity index (χ1n) is 8.25. The second kappa shape index (κ2) is 12.0. The van der Waals surface area contributed by atoms with Crippen molar-refractivity contribution in [2.45, 2.75) is 19.8 Å². The van der Waals surface area contributed by atoms with Gasteiger partial charge in [0.15, 0.2) is 5.78 Å². The standard InChI is InChI=1S/C18H24O8/c1-2-26-18(23)14(9-13-3-5-15(19)6-4-13)10-16(20)11-24-7-8-25-12-17(21)22/h3-6,14,19H,2,7-12H2,1H3,(H,21,22). The van der Waals surface area contributed by atoms with Gasteiger partial charge in [-0.25, -0.2) is 4.79 Å². The van der Waals surface area contributed by atoms with Gasteiger partial charge in [-0.2, -0.15) is 0 Å². The van der Waals surface area contributed by atoms with Crippen LogP contribution in [-0.2, 0) is 35.0 Å². The molecule has 0 spiro atoms. The number of hydrogen-bond donors (Lipinski definition) is 2. The zero-order chi connectivity index (χ0) is 19.4. The average molecular weight is 368 g/mol. The molecule has 1 atom stereocenters. The third kappa shape index (κ3) is 9.14. The van der Waals surface area contributed by atoms with E-state index in [4.69, 9.17) is 19.3 Å². The lowest BCUT2D eigenvalue weighted by atomic mass is 9.94. The van der Waals surface area contributed by atoms with Gasteiger partial charge in [0, 0.05) is 6.42 Å².